The van der Waals surface area contributed by atoms with E-state index in [0.717, 1.165) is 26.3 Å². The molecule has 0 aliphatic carbocycles. The van der Waals surface area contributed by atoms with E-state index < -0.39 is 8.56 Å². The first kappa shape index (κ1) is 11.6. The fraction of sp³-hybridized carbons (Fsp3) is 1.00. The highest BCUT2D eigenvalue weighted by Gasteiger charge is 2.10. The zero-order valence-electron chi connectivity index (χ0n) is 8.54. The van der Waals surface area contributed by atoms with Crippen molar-refractivity contribution in [2.45, 2.75) is 12.5 Å². The van der Waals surface area contributed by atoms with Gasteiger partial charge in [-0.05, 0) is 28.8 Å². The van der Waals surface area contributed by atoms with Crippen molar-refractivity contribution in [1.29, 1.82) is 0 Å². The molecule has 0 aromatic heterocycles. The summed E-state index contributed by atoms with van der Waals surface area (Å²) in [5.41, 5.74) is 0. The first-order valence-electron chi connectivity index (χ1n) is 5.31. The maximum absolute atomic E-state index is 9.58. The van der Waals surface area contributed by atoms with Crippen LogP contribution in [0.25, 0.3) is 0 Å². The highest BCUT2D eigenvalue weighted by molar-refractivity contribution is 7.28. The van der Waals surface area contributed by atoms with Crippen molar-refractivity contribution in [3.05, 3.63) is 0 Å². The summed E-state index contributed by atoms with van der Waals surface area (Å²) >= 11 is 0. The van der Waals surface area contributed by atoms with Crippen molar-refractivity contribution in [1.82, 2.24) is 4.90 Å². The van der Waals surface area contributed by atoms with Crippen LogP contribution in [0, 0.1) is 0 Å². The van der Waals surface area contributed by atoms with Gasteiger partial charge in [0.25, 0.3) is 0 Å². The predicted molar refractivity (Wildman–Crippen MR) is 64.5 cm³/mol. The Hall–Kier alpha value is 0.531. The largest absolute Gasteiger partial charge is 0.439 e. The van der Waals surface area contributed by atoms with Crippen LogP contribution < -0.4 is 0 Å². The lowest BCUT2D eigenvalue weighted by atomic mass is 10.3. The molecule has 1 saturated heterocycles. The SMILES string of the molecule is O[SiH](CCCN1CCOCC1)[SiH2][SiH3]. The highest BCUT2D eigenvalue weighted by atomic mass is 29.5. The minimum Gasteiger partial charge on any atom is -0.439 e. The third kappa shape index (κ3) is 5.09. The summed E-state index contributed by atoms with van der Waals surface area (Å²) in [7, 11) is 0.286. The lowest BCUT2D eigenvalue weighted by Gasteiger charge is -2.26. The van der Waals surface area contributed by atoms with E-state index in [-0.39, 0.29) is 8.55 Å². The Balaban J connectivity index is 1.98. The van der Waals surface area contributed by atoms with Gasteiger partial charge in [-0.25, -0.2) is 0 Å². The van der Waals surface area contributed by atoms with E-state index in [4.69, 9.17) is 4.74 Å². The zero-order valence-corrected chi connectivity index (χ0v) is 13.1. The molecule has 0 amide bonds. The molecule has 78 valence electrons. The Kier molecular flexibility index (Phi) is 6.17. The number of rotatable bonds is 5. The third-order valence-corrected chi connectivity index (χ3v) is 17.1. The van der Waals surface area contributed by atoms with E-state index in [2.05, 4.69) is 4.90 Å². The van der Waals surface area contributed by atoms with Crippen molar-refractivity contribution in [3.8, 4) is 0 Å². The molecule has 0 spiro atoms. The van der Waals surface area contributed by atoms with Crippen LogP contribution in [0.2, 0.25) is 6.04 Å². The Bertz CT molecular complexity index is 133. The van der Waals surface area contributed by atoms with Crippen molar-refractivity contribution in [2.75, 3.05) is 32.8 Å². The van der Waals surface area contributed by atoms with E-state index in [1.165, 1.54) is 28.8 Å². The molecule has 1 fully saturated rings. The van der Waals surface area contributed by atoms with E-state index >= 15 is 0 Å². The second kappa shape index (κ2) is 6.91. The molecule has 0 aromatic rings. The monoisotopic (exact) mass is 235 g/mol. The lowest BCUT2D eigenvalue weighted by molar-refractivity contribution is 0.0379. The van der Waals surface area contributed by atoms with Gasteiger partial charge in [0.2, 0.25) is 0 Å². The minimum absolute atomic E-state index is 0.0798. The second-order valence-corrected chi connectivity index (χ2v) is 19.0. The molecular weight excluding hydrogens is 214 g/mol. The second-order valence-electron chi connectivity index (χ2n) is 3.66. The molecule has 1 N–H and O–H groups in total. The molecule has 1 heterocycles. The molecule has 6 heteroatoms. The summed E-state index contributed by atoms with van der Waals surface area (Å²) in [5.74, 6) is 0. The number of hydrogen-bond acceptors (Lipinski definition) is 3. The van der Waals surface area contributed by atoms with Crippen LogP contribution in [-0.4, -0.2) is 69.4 Å². The molecule has 13 heavy (non-hydrogen) atoms. The van der Waals surface area contributed by atoms with Crippen LogP contribution in [0.1, 0.15) is 6.42 Å². The number of nitrogens with zero attached hydrogens (tertiary/aromatic N) is 1. The highest BCUT2D eigenvalue weighted by Crippen LogP contribution is 2.01. The summed E-state index contributed by atoms with van der Waals surface area (Å²) in [6.07, 6.45) is 1.22. The first-order valence-corrected chi connectivity index (χ1v) is 15.6. The van der Waals surface area contributed by atoms with Gasteiger partial charge in [0, 0.05) is 21.6 Å². The zero-order chi connectivity index (χ0) is 9.52. The summed E-state index contributed by atoms with van der Waals surface area (Å²) in [6, 6.07) is 1.17. The number of morpholine rings is 1. The quantitative estimate of drug-likeness (QED) is 0.530. The van der Waals surface area contributed by atoms with Crippen molar-refractivity contribution in [2.24, 2.45) is 0 Å². The van der Waals surface area contributed by atoms with Gasteiger partial charge in [-0.2, -0.15) is 0 Å². The van der Waals surface area contributed by atoms with E-state index in [0.29, 0.717) is 0 Å². The van der Waals surface area contributed by atoms with Gasteiger partial charge in [-0.1, -0.05) is 0 Å². The van der Waals surface area contributed by atoms with Crippen LogP contribution in [0.4, 0.5) is 0 Å². The summed E-state index contributed by atoms with van der Waals surface area (Å²) in [5, 5.41) is 0. The molecule has 0 saturated carbocycles. The smallest absolute Gasteiger partial charge is 0.150 e. The Morgan fingerprint density at radius 2 is 2.15 bits per heavy atom. The fourth-order valence-corrected chi connectivity index (χ4v) is 8.41. The van der Waals surface area contributed by atoms with Crippen molar-refractivity contribution in [3.63, 3.8) is 0 Å². The molecule has 0 aromatic carbocycles. The molecule has 1 aliphatic heterocycles. The molecule has 1 aliphatic rings. The van der Waals surface area contributed by atoms with Crippen LogP contribution in [0.3, 0.4) is 0 Å². The van der Waals surface area contributed by atoms with Gasteiger partial charge in [-0.15, -0.1) is 0 Å². The number of ether oxygens (including phenoxy) is 1. The van der Waals surface area contributed by atoms with Crippen LogP contribution in [-0.2, 0) is 4.74 Å². The molecule has 1 rings (SSSR count). The molecule has 3 nitrogen and oxygen atoms in total. The van der Waals surface area contributed by atoms with Crippen LogP contribution >= 0.6 is 0 Å². The van der Waals surface area contributed by atoms with Gasteiger partial charge in [-0.3, -0.25) is 4.90 Å². The maximum Gasteiger partial charge on any atom is 0.150 e. The molecule has 0 radical (unpaired) electrons. The van der Waals surface area contributed by atoms with Crippen molar-refractivity contribution >= 4 is 26.9 Å². The van der Waals surface area contributed by atoms with E-state index in [1.54, 1.807) is 0 Å². The topological polar surface area (TPSA) is 32.7 Å². The molecule has 1 atom stereocenters. The average Bonchev–Trinajstić information content (AvgIpc) is 2.19. The average molecular weight is 236 g/mol. The third-order valence-electron chi connectivity index (χ3n) is 2.59. The Morgan fingerprint density at radius 1 is 1.46 bits per heavy atom. The molecular formula is C7H21NO2Si3. The van der Waals surface area contributed by atoms with Gasteiger partial charge in [0.05, 0.1) is 13.2 Å². The predicted octanol–water partition coefficient (Wildman–Crippen LogP) is -2.63. The summed E-state index contributed by atoms with van der Waals surface area (Å²) in [4.78, 5) is 12.0. The Morgan fingerprint density at radius 3 is 2.77 bits per heavy atom. The van der Waals surface area contributed by atoms with Crippen LogP contribution in [0.5, 0.6) is 0 Å². The van der Waals surface area contributed by atoms with Gasteiger partial charge in [0.15, 0.2) is 0 Å². The summed E-state index contributed by atoms with van der Waals surface area (Å²) < 4.78 is 5.28. The lowest BCUT2D eigenvalue weighted by Crippen LogP contribution is -2.37. The van der Waals surface area contributed by atoms with E-state index in [9.17, 15) is 4.80 Å². The van der Waals surface area contributed by atoms with Crippen LogP contribution in [0.15, 0.2) is 0 Å². The Labute approximate surface area is 87.0 Å². The standard InChI is InChI=1S/C7H21NO2Si3/c9-13(12-11)7-1-2-8-3-5-10-6-4-8/h9,13H,1-7,12H2,11H3. The van der Waals surface area contributed by atoms with Gasteiger partial charge < -0.3 is 9.53 Å². The van der Waals surface area contributed by atoms with Crippen molar-refractivity contribution < 1.29 is 9.53 Å². The van der Waals surface area contributed by atoms with E-state index in [1.807, 2.05) is 0 Å². The summed E-state index contributed by atoms with van der Waals surface area (Å²) in [6.45, 7) is 5.17. The van der Waals surface area contributed by atoms with Gasteiger partial charge in [0.1, 0.15) is 8.56 Å². The minimum atomic E-state index is -1.11. The molecule has 0 bridgehead atoms. The number of hydrogen-bond donors (Lipinski definition) is 1. The first-order chi connectivity index (χ1) is 6.33. The normalized spacial score (nSPS) is 22.8. The fourth-order valence-electron chi connectivity index (χ4n) is 1.58. The maximum atomic E-state index is 9.58. The van der Waals surface area contributed by atoms with Gasteiger partial charge >= 0.3 is 0 Å². The molecule has 1 unspecified atom stereocenters.